The van der Waals surface area contributed by atoms with Crippen LogP contribution in [-0.2, 0) is 22.0 Å². The Balaban J connectivity index is 1.65. The largest absolute Gasteiger partial charge is 0.345 e. The molecule has 0 spiro atoms. The van der Waals surface area contributed by atoms with Crippen molar-refractivity contribution in [3.8, 4) is 0 Å². The van der Waals surface area contributed by atoms with Crippen molar-refractivity contribution in [2.75, 3.05) is 4.72 Å². The summed E-state index contributed by atoms with van der Waals surface area (Å²) in [5.74, 6) is -0.318. The van der Waals surface area contributed by atoms with E-state index in [9.17, 15) is 17.6 Å². The Bertz CT molecular complexity index is 1150. The van der Waals surface area contributed by atoms with Gasteiger partial charge in [0, 0.05) is 11.0 Å². The van der Waals surface area contributed by atoms with E-state index in [2.05, 4.69) is 20.2 Å². The zero-order valence-corrected chi connectivity index (χ0v) is 17.5. The lowest BCUT2D eigenvalue weighted by Gasteiger charge is -2.10. The molecule has 1 amide bonds. The molecule has 0 saturated carbocycles. The van der Waals surface area contributed by atoms with Crippen molar-refractivity contribution in [1.29, 1.82) is 0 Å². The molecule has 10 heteroatoms. The second kappa shape index (κ2) is 8.23. The standard InChI is InChI=1S/C20H21FN4O4S/c1-20(2,3)19-23-17(24-29-19)12-22-18(26)13-8-10-14(11-9-13)30(27,28)25-16-7-5-4-6-15(16)21/h4-11,25H,12H2,1-3H3,(H,22,26). The minimum Gasteiger partial charge on any atom is -0.345 e. The highest BCUT2D eigenvalue weighted by molar-refractivity contribution is 7.92. The van der Waals surface area contributed by atoms with Crippen LogP contribution in [0.4, 0.5) is 10.1 Å². The van der Waals surface area contributed by atoms with Gasteiger partial charge >= 0.3 is 0 Å². The van der Waals surface area contributed by atoms with Gasteiger partial charge in [-0.2, -0.15) is 4.98 Å². The number of benzene rings is 2. The molecular weight excluding hydrogens is 411 g/mol. The van der Waals surface area contributed by atoms with Crippen molar-refractivity contribution < 1.29 is 22.1 Å². The highest BCUT2D eigenvalue weighted by Gasteiger charge is 2.22. The molecule has 0 unspecified atom stereocenters. The number of para-hydroxylation sites is 1. The predicted octanol–water partition coefficient (Wildman–Crippen LogP) is 3.24. The number of hydrogen-bond donors (Lipinski definition) is 2. The van der Waals surface area contributed by atoms with Gasteiger partial charge in [-0.15, -0.1) is 0 Å². The Morgan fingerprint density at radius 1 is 1.10 bits per heavy atom. The predicted molar refractivity (Wildman–Crippen MR) is 108 cm³/mol. The van der Waals surface area contributed by atoms with Crippen molar-refractivity contribution in [3.63, 3.8) is 0 Å². The van der Waals surface area contributed by atoms with Crippen LogP contribution >= 0.6 is 0 Å². The highest BCUT2D eigenvalue weighted by Crippen LogP contribution is 2.20. The van der Waals surface area contributed by atoms with Crippen LogP contribution < -0.4 is 10.0 Å². The number of amides is 1. The Morgan fingerprint density at radius 3 is 2.37 bits per heavy atom. The average molecular weight is 432 g/mol. The summed E-state index contributed by atoms with van der Waals surface area (Å²) >= 11 is 0. The lowest BCUT2D eigenvalue weighted by Crippen LogP contribution is -2.23. The summed E-state index contributed by atoms with van der Waals surface area (Å²) in [7, 11) is -4.00. The van der Waals surface area contributed by atoms with E-state index < -0.39 is 21.7 Å². The smallest absolute Gasteiger partial charge is 0.261 e. The van der Waals surface area contributed by atoms with E-state index in [1.54, 1.807) is 0 Å². The molecule has 0 bridgehead atoms. The SMILES string of the molecule is CC(C)(C)c1nc(CNC(=O)c2ccc(S(=O)(=O)Nc3ccccc3F)cc2)no1. The first-order chi connectivity index (χ1) is 14.1. The van der Waals surface area contributed by atoms with Crippen LogP contribution in [0, 0.1) is 5.82 Å². The molecule has 0 radical (unpaired) electrons. The van der Waals surface area contributed by atoms with Gasteiger partial charge < -0.3 is 9.84 Å². The summed E-state index contributed by atoms with van der Waals surface area (Å²) in [5.41, 5.74) is -0.207. The zero-order chi connectivity index (χ0) is 21.9. The number of nitrogens with one attached hydrogen (secondary N) is 2. The maximum atomic E-state index is 13.7. The van der Waals surface area contributed by atoms with Crippen LogP contribution in [0.3, 0.4) is 0 Å². The molecule has 3 rings (SSSR count). The normalized spacial score (nSPS) is 11.9. The van der Waals surface area contributed by atoms with E-state index in [1.807, 2.05) is 20.8 Å². The van der Waals surface area contributed by atoms with Crippen LogP contribution in [-0.4, -0.2) is 24.5 Å². The Labute approximate surface area is 173 Å². The molecule has 1 heterocycles. The van der Waals surface area contributed by atoms with Gasteiger partial charge in [-0.25, -0.2) is 12.8 Å². The lowest BCUT2D eigenvalue weighted by atomic mass is 9.97. The molecule has 3 aromatic rings. The number of carbonyl (C=O) groups excluding carboxylic acids is 1. The summed E-state index contributed by atoms with van der Waals surface area (Å²) in [6.45, 7) is 5.85. The number of aromatic nitrogens is 2. The molecular formula is C20H21FN4O4S. The molecule has 0 saturated heterocycles. The molecule has 2 aromatic carbocycles. The van der Waals surface area contributed by atoms with Crippen molar-refractivity contribution in [2.24, 2.45) is 0 Å². The average Bonchev–Trinajstić information content (AvgIpc) is 3.17. The van der Waals surface area contributed by atoms with Gasteiger partial charge in [-0.05, 0) is 36.4 Å². The Hall–Kier alpha value is -3.27. The molecule has 2 N–H and O–H groups in total. The fraction of sp³-hybridized carbons (Fsp3) is 0.250. The fourth-order valence-corrected chi connectivity index (χ4v) is 3.49. The quantitative estimate of drug-likeness (QED) is 0.618. The highest BCUT2D eigenvalue weighted by atomic mass is 32.2. The number of sulfonamides is 1. The van der Waals surface area contributed by atoms with Crippen molar-refractivity contribution in [2.45, 2.75) is 37.6 Å². The van der Waals surface area contributed by atoms with E-state index in [4.69, 9.17) is 4.52 Å². The van der Waals surface area contributed by atoms with Crippen LogP contribution in [0.25, 0.3) is 0 Å². The first-order valence-electron chi connectivity index (χ1n) is 9.05. The van der Waals surface area contributed by atoms with Crippen LogP contribution in [0.15, 0.2) is 57.9 Å². The monoisotopic (exact) mass is 432 g/mol. The fourth-order valence-electron chi connectivity index (χ4n) is 2.42. The van der Waals surface area contributed by atoms with Gasteiger partial charge in [0.05, 0.1) is 17.1 Å². The first kappa shape index (κ1) is 21.4. The molecule has 30 heavy (non-hydrogen) atoms. The van der Waals surface area contributed by atoms with Gasteiger partial charge in [-0.3, -0.25) is 9.52 Å². The second-order valence-corrected chi connectivity index (χ2v) is 9.24. The lowest BCUT2D eigenvalue weighted by molar-refractivity contribution is 0.0949. The summed E-state index contributed by atoms with van der Waals surface area (Å²) < 4.78 is 45.9. The van der Waals surface area contributed by atoms with Crippen molar-refractivity contribution in [3.05, 3.63) is 71.6 Å². The van der Waals surface area contributed by atoms with E-state index in [1.165, 1.54) is 42.5 Å². The minimum absolute atomic E-state index is 0.0628. The third-order valence-corrected chi connectivity index (χ3v) is 5.44. The van der Waals surface area contributed by atoms with E-state index in [0.29, 0.717) is 11.7 Å². The number of halogens is 1. The van der Waals surface area contributed by atoms with E-state index in [-0.39, 0.29) is 28.1 Å². The summed E-state index contributed by atoms with van der Waals surface area (Å²) in [4.78, 5) is 16.4. The van der Waals surface area contributed by atoms with Crippen LogP contribution in [0.1, 0.15) is 42.8 Å². The molecule has 8 nitrogen and oxygen atoms in total. The molecule has 0 aliphatic rings. The summed E-state index contributed by atoms with van der Waals surface area (Å²) in [5, 5.41) is 6.47. The van der Waals surface area contributed by atoms with Crippen LogP contribution in [0.5, 0.6) is 0 Å². The van der Waals surface area contributed by atoms with Gasteiger partial charge in [0.1, 0.15) is 5.82 Å². The van der Waals surface area contributed by atoms with Gasteiger partial charge in [0.15, 0.2) is 5.82 Å². The number of rotatable bonds is 6. The maximum Gasteiger partial charge on any atom is 0.261 e. The maximum absolute atomic E-state index is 13.7. The van der Waals surface area contributed by atoms with Gasteiger partial charge in [0.2, 0.25) is 5.89 Å². The van der Waals surface area contributed by atoms with Crippen LogP contribution in [0.2, 0.25) is 0 Å². The third-order valence-electron chi connectivity index (χ3n) is 4.06. The van der Waals surface area contributed by atoms with Crippen molar-refractivity contribution in [1.82, 2.24) is 15.5 Å². The molecule has 158 valence electrons. The topological polar surface area (TPSA) is 114 Å². The Morgan fingerprint density at radius 2 is 1.77 bits per heavy atom. The first-order valence-corrected chi connectivity index (χ1v) is 10.5. The second-order valence-electron chi connectivity index (χ2n) is 7.56. The third kappa shape index (κ3) is 5.01. The zero-order valence-electron chi connectivity index (χ0n) is 16.6. The van der Waals surface area contributed by atoms with Crippen molar-refractivity contribution >= 4 is 21.6 Å². The number of carbonyl (C=O) groups is 1. The molecule has 0 fully saturated rings. The number of nitrogens with zero attached hydrogens (tertiary/aromatic N) is 2. The summed E-state index contributed by atoms with van der Waals surface area (Å²) in [6, 6.07) is 10.7. The van der Waals surface area contributed by atoms with Gasteiger partial charge in [0.25, 0.3) is 15.9 Å². The molecule has 0 aliphatic carbocycles. The van der Waals surface area contributed by atoms with E-state index in [0.717, 1.165) is 6.07 Å². The number of anilines is 1. The molecule has 1 aromatic heterocycles. The molecule has 0 atom stereocenters. The van der Waals surface area contributed by atoms with Gasteiger partial charge in [-0.1, -0.05) is 38.1 Å². The molecule has 0 aliphatic heterocycles. The number of hydrogen-bond acceptors (Lipinski definition) is 6. The Kier molecular flexibility index (Phi) is 5.88. The summed E-state index contributed by atoms with van der Waals surface area (Å²) in [6.07, 6.45) is 0. The minimum atomic E-state index is -4.00. The van der Waals surface area contributed by atoms with E-state index >= 15 is 0 Å².